The van der Waals surface area contributed by atoms with E-state index in [-0.39, 0.29) is 20.1 Å². The first-order chi connectivity index (χ1) is 22.8. The molecular formula is C42H27IrN3O-2. The Hall–Kier alpha value is -5.61. The van der Waals surface area contributed by atoms with Crippen molar-refractivity contribution in [3.8, 4) is 39.5 Å². The van der Waals surface area contributed by atoms with Gasteiger partial charge in [0.1, 0.15) is 0 Å². The number of rotatable bonds is 4. The number of aromatic nitrogens is 3. The Bertz CT molecular complexity index is 2360. The number of pyridine rings is 1. The third kappa shape index (κ3) is 6.03. The predicted octanol–water partition coefficient (Wildman–Crippen LogP) is 10.6. The summed E-state index contributed by atoms with van der Waals surface area (Å²) in [5, 5.41) is 3.33. The van der Waals surface area contributed by atoms with Gasteiger partial charge in [0.15, 0.2) is 0 Å². The van der Waals surface area contributed by atoms with E-state index in [4.69, 9.17) is 9.40 Å². The molecule has 6 aromatic carbocycles. The molecule has 0 saturated carbocycles. The SMILES string of the molecule is [Ir].[c-]1ccccc1-c1ccccn1.[c-]1oc2cc3ccccc3cc2c1-c1nc2ccccc2n1-c1ccc(-c2ccccc2)cc1. The summed E-state index contributed by atoms with van der Waals surface area (Å²) in [6, 6.07) is 56.6. The minimum absolute atomic E-state index is 0. The molecule has 3 heterocycles. The third-order valence-corrected chi connectivity index (χ3v) is 8.05. The van der Waals surface area contributed by atoms with Crippen LogP contribution in [0, 0.1) is 12.3 Å². The van der Waals surface area contributed by atoms with Crippen LogP contribution in [0.3, 0.4) is 0 Å². The van der Waals surface area contributed by atoms with E-state index in [1.165, 1.54) is 16.5 Å². The Kier molecular flexibility index (Phi) is 8.57. The van der Waals surface area contributed by atoms with E-state index in [0.29, 0.717) is 0 Å². The van der Waals surface area contributed by atoms with Gasteiger partial charge in [-0.25, -0.2) is 0 Å². The van der Waals surface area contributed by atoms with E-state index in [9.17, 15) is 0 Å². The van der Waals surface area contributed by atoms with E-state index in [1.807, 2.05) is 72.8 Å². The first-order valence-electron chi connectivity index (χ1n) is 15.2. The van der Waals surface area contributed by atoms with Crippen molar-refractivity contribution in [3.63, 3.8) is 0 Å². The van der Waals surface area contributed by atoms with Crippen molar-refractivity contribution in [2.24, 2.45) is 0 Å². The molecule has 0 unspecified atom stereocenters. The fourth-order valence-electron chi connectivity index (χ4n) is 5.79. The fraction of sp³-hybridized carbons (Fsp3) is 0. The van der Waals surface area contributed by atoms with E-state index in [2.05, 4.69) is 107 Å². The molecule has 9 rings (SSSR count). The van der Waals surface area contributed by atoms with E-state index in [0.717, 1.165) is 55.7 Å². The van der Waals surface area contributed by atoms with Crippen molar-refractivity contribution < 1.29 is 24.5 Å². The van der Waals surface area contributed by atoms with Crippen molar-refractivity contribution in [3.05, 3.63) is 176 Å². The molecule has 0 saturated heterocycles. The van der Waals surface area contributed by atoms with Crippen LogP contribution in [0.25, 0.3) is 72.2 Å². The Morgan fingerprint density at radius 3 is 2.09 bits per heavy atom. The molecular weight excluding hydrogens is 755 g/mol. The molecule has 0 aliphatic carbocycles. The van der Waals surface area contributed by atoms with Gasteiger partial charge < -0.3 is 14.0 Å². The van der Waals surface area contributed by atoms with Crippen molar-refractivity contribution in [2.75, 3.05) is 0 Å². The van der Waals surface area contributed by atoms with Gasteiger partial charge in [-0.2, -0.15) is 0 Å². The van der Waals surface area contributed by atoms with Crippen molar-refractivity contribution in [1.29, 1.82) is 0 Å². The van der Waals surface area contributed by atoms with Gasteiger partial charge in [0.05, 0.1) is 16.9 Å². The van der Waals surface area contributed by atoms with Crippen LogP contribution >= 0.6 is 0 Å². The average molecular weight is 782 g/mol. The molecule has 3 aromatic heterocycles. The molecule has 227 valence electrons. The van der Waals surface area contributed by atoms with Crippen LogP contribution in [0.15, 0.2) is 168 Å². The second-order valence-corrected chi connectivity index (χ2v) is 10.9. The summed E-state index contributed by atoms with van der Waals surface area (Å²) in [4.78, 5) is 9.23. The maximum absolute atomic E-state index is 5.90. The van der Waals surface area contributed by atoms with Gasteiger partial charge in [0.2, 0.25) is 0 Å². The summed E-state index contributed by atoms with van der Waals surface area (Å²) in [7, 11) is 0. The van der Waals surface area contributed by atoms with E-state index < -0.39 is 0 Å². The number of para-hydroxylation sites is 2. The first kappa shape index (κ1) is 30.1. The van der Waals surface area contributed by atoms with Crippen molar-refractivity contribution in [2.45, 2.75) is 0 Å². The first-order valence-corrected chi connectivity index (χ1v) is 15.2. The smallest absolute Gasteiger partial charge is 0.0774 e. The fourth-order valence-corrected chi connectivity index (χ4v) is 5.79. The number of nitrogens with zero attached hydrogens (tertiary/aromatic N) is 3. The molecule has 0 N–H and O–H groups in total. The maximum Gasteiger partial charge on any atom is 0.0774 e. The molecule has 0 bridgehead atoms. The van der Waals surface area contributed by atoms with Gasteiger partial charge in [-0.05, 0) is 57.9 Å². The van der Waals surface area contributed by atoms with Gasteiger partial charge in [-0.15, -0.1) is 35.9 Å². The summed E-state index contributed by atoms with van der Waals surface area (Å²) in [5.41, 5.74) is 9.11. The number of furan rings is 1. The van der Waals surface area contributed by atoms with Gasteiger partial charge in [-0.1, -0.05) is 114 Å². The zero-order chi connectivity index (χ0) is 30.7. The van der Waals surface area contributed by atoms with Crippen molar-refractivity contribution >= 4 is 32.8 Å². The van der Waals surface area contributed by atoms with Gasteiger partial charge >= 0.3 is 0 Å². The number of hydrogen-bond donors (Lipinski definition) is 0. The van der Waals surface area contributed by atoms with Gasteiger partial charge in [0.25, 0.3) is 0 Å². The molecule has 4 nitrogen and oxygen atoms in total. The van der Waals surface area contributed by atoms with E-state index in [1.54, 1.807) is 6.20 Å². The molecule has 5 heteroatoms. The number of benzene rings is 6. The van der Waals surface area contributed by atoms with Crippen LogP contribution in [0.2, 0.25) is 0 Å². The monoisotopic (exact) mass is 782 g/mol. The molecule has 0 atom stereocenters. The van der Waals surface area contributed by atoms with Gasteiger partial charge in [-0.3, -0.25) is 4.98 Å². The molecule has 0 spiro atoms. The molecule has 0 aliphatic rings. The average Bonchev–Trinajstić information content (AvgIpc) is 3.73. The van der Waals surface area contributed by atoms with Crippen LogP contribution in [0.1, 0.15) is 0 Å². The molecule has 9 aromatic rings. The third-order valence-electron chi connectivity index (χ3n) is 8.05. The minimum atomic E-state index is 0. The largest absolute Gasteiger partial charge is 0.557 e. The van der Waals surface area contributed by atoms with Crippen LogP contribution in [0.5, 0.6) is 0 Å². The second-order valence-electron chi connectivity index (χ2n) is 10.9. The van der Waals surface area contributed by atoms with Gasteiger partial charge in [0, 0.05) is 43.8 Å². The van der Waals surface area contributed by atoms with Crippen LogP contribution in [0.4, 0.5) is 0 Å². The standard InChI is InChI=1S/C31H19N2O.C11H8N.Ir/c1-2-8-21(9-3-1)22-14-16-25(17-15-22)33-29-13-7-6-12-28(29)32-31(33)27-20-34-30-19-24-11-5-4-10-23(24)18-26(27)30;1-2-6-10(7-3-1)11-8-4-5-9-12-11;/h1-19H;1-6,8-9H;/q2*-1;. The zero-order valence-electron chi connectivity index (χ0n) is 25.2. The summed E-state index contributed by atoms with van der Waals surface area (Å²) in [6.07, 6.45) is 4.94. The zero-order valence-corrected chi connectivity index (χ0v) is 27.6. The Balaban J connectivity index is 0.000000228. The summed E-state index contributed by atoms with van der Waals surface area (Å²) in [6.45, 7) is 0. The molecule has 47 heavy (non-hydrogen) atoms. The summed E-state index contributed by atoms with van der Waals surface area (Å²) in [5.74, 6) is 0.822. The van der Waals surface area contributed by atoms with E-state index >= 15 is 0 Å². The van der Waals surface area contributed by atoms with Crippen LogP contribution in [-0.4, -0.2) is 14.5 Å². The van der Waals surface area contributed by atoms with Crippen LogP contribution in [-0.2, 0) is 20.1 Å². The quantitative estimate of drug-likeness (QED) is 0.167. The molecule has 0 fully saturated rings. The number of hydrogen-bond acceptors (Lipinski definition) is 3. The van der Waals surface area contributed by atoms with Crippen LogP contribution < -0.4 is 0 Å². The maximum atomic E-state index is 5.90. The number of fused-ring (bicyclic) bond motifs is 3. The Morgan fingerprint density at radius 2 is 1.32 bits per heavy atom. The Labute approximate surface area is 286 Å². The Morgan fingerprint density at radius 1 is 0.617 bits per heavy atom. The minimum Gasteiger partial charge on any atom is -0.557 e. The normalized spacial score (nSPS) is 10.8. The summed E-state index contributed by atoms with van der Waals surface area (Å²) >= 11 is 0. The topological polar surface area (TPSA) is 43.9 Å². The second kappa shape index (κ2) is 13.4. The van der Waals surface area contributed by atoms with Crippen molar-refractivity contribution in [1.82, 2.24) is 14.5 Å². The summed E-state index contributed by atoms with van der Waals surface area (Å²) < 4.78 is 8.09. The molecule has 0 amide bonds. The predicted molar refractivity (Wildman–Crippen MR) is 187 cm³/mol. The number of imidazole rings is 1. The molecule has 0 aliphatic heterocycles. The molecule has 1 radical (unpaired) electrons.